The first-order chi connectivity index (χ1) is 10.0. The number of carbonyl (C=O) groups is 2. The zero-order chi connectivity index (χ0) is 15.8. The second-order valence-corrected chi connectivity index (χ2v) is 4.83. The molecule has 0 bridgehead atoms. The number of nitrogen functional groups attached to an aromatic ring is 1. The summed E-state index contributed by atoms with van der Waals surface area (Å²) < 4.78 is 14.8. The number of nitriles is 1. The summed E-state index contributed by atoms with van der Waals surface area (Å²) in [5.41, 5.74) is 6.09. The molecule has 0 saturated heterocycles. The lowest BCUT2D eigenvalue weighted by Crippen LogP contribution is -2.14. The summed E-state index contributed by atoms with van der Waals surface area (Å²) in [4.78, 5) is 23.4. The first kappa shape index (κ1) is 16.9. The smallest absolute Gasteiger partial charge is 0.348 e. The number of hydrogen-bond acceptors (Lipinski definition) is 8. The number of ether oxygens (including phenoxy) is 3. The van der Waals surface area contributed by atoms with Gasteiger partial charge in [0.15, 0.2) is 0 Å². The van der Waals surface area contributed by atoms with Crippen LogP contribution in [0.15, 0.2) is 0 Å². The molecule has 0 aliphatic rings. The average molecular weight is 312 g/mol. The Bertz CT molecular complexity index is 562. The van der Waals surface area contributed by atoms with Crippen molar-refractivity contribution in [2.24, 2.45) is 0 Å². The molecule has 0 amide bonds. The van der Waals surface area contributed by atoms with E-state index in [0.717, 1.165) is 11.3 Å². The Morgan fingerprint density at radius 1 is 1.29 bits per heavy atom. The number of nitrogens with zero attached hydrogens (tertiary/aromatic N) is 1. The molecule has 0 aliphatic carbocycles. The molecule has 1 aromatic rings. The molecule has 21 heavy (non-hydrogen) atoms. The highest BCUT2D eigenvalue weighted by molar-refractivity contribution is 7.18. The fraction of sp³-hybridized carbons (Fsp3) is 0.462. The first-order valence-electron chi connectivity index (χ1n) is 6.26. The van der Waals surface area contributed by atoms with Gasteiger partial charge in [-0.1, -0.05) is 0 Å². The standard InChI is InChI=1S/C13H16N2O5S/c1-3-18-7-10(16)20-6-9-8(5-14)12(15)21-11(9)13(17)19-4-2/h3-4,6-7,15H2,1-2H3. The van der Waals surface area contributed by atoms with Crippen molar-refractivity contribution in [2.75, 3.05) is 25.6 Å². The molecule has 0 unspecified atom stereocenters. The Labute approximate surface area is 126 Å². The van der Waals surface area contributed by atoms with Crippen molar-refractivity contribution < 1.29 is 23.8 Å². The maximum atomic E-state index is 11.8. The minimum absolute atomic E-state index is 0.132. The van der Waals surface area contributed by atoms with Gasteiger partial charge in [0, 0.05) is 12.2 Å². The number of anilines is 1. The van der Waals surface area contributed by atoms with Crippen LogP contribution in [0.4, 0.5) is 5.00 Å². The van der Waals surface area contributed by atoms with Crippen molar-refractivity contribution in [1.29, 1.82) is 5.26 Å². The van der Waals surface area contributed by atoms with E-state index in [1.165, 1.54) is 0 Å². The quantitative estimate of drug-likeness (QED) is 0.758. The zero-order valence-corrected chi connectivity index (χ0v) is 12.6. The Morgan fingerprint density at radius 2 is 2.00 bits per heavy atom. The van der Waals surface area contributed by atoms with Gasteiger partial charge in [-0.2, -0.15) is 5.26 Å². The van der Waals surface area contributed by atoms with E-state index in [1.807, 2.05) is 6.07 Å². The van der Waals surface area contributed by atoms with Crippen LogP contribution in [0.1, 0.15) is 34.6 Å². The molecule has 0 fully saturated rings. The van der Waals surface area contributed by atoms with E-state index in [1.54, 1.807) is 13.8 Å². The summed E-state index contributed by atoms with van der Waals surface area (Å²) in [6, 6.07) is 1.90. The lowest BCUT2D eigenvalue weighted by molar-refractivity contribution is -0.150. The Kier molecular flexibility index (Phi) is 6.65. The van der Waals surface area contributed by atoms with Gasteiger partial charge >= 0.3 is 11.9 Å². The Morgan fingerprint density at radius 3 is 2.57 bits per heavy atom. The number of nitrogens with two attached hydrogens (primary N) is 1. The second kappa shape index (κ2) is 8.24. The lowest BCUT2D eigenvalue weighted by Gasteiger charge is -2.06. The summed E-state index contributed by atoms with van der Waals surface area (Å²) in [6.07, 6.45) is 0. The molecule has 8 heteroatoms. The van der Waals surface area contributed by atoms with Crippen molar-refractivity contribution in [1.82, 2.24) is 0 Å². The highest BCUT2D eigenvalue weighted by Gasteiger charge is 2.23. The molecule has 0 saturated carbocycles. The topological polar surface area (TPSA) is 112 Å². The summed E-state index contributed by atoms with van der Waals surface area (Å²) >= 11 is 0.941. The average Bonchev–Trinajstić information content (AvgIpc) is 2.79. The van der Waals surface area contributed by atoms with E-state index in [0.29, 0.717) is 6.61 Å². The van der Waals surface area contributed by atoms with Crippen LogP contribution in [0.5, 0.6) is 0 Å². The second-order valence-electron chi connectivity index (χ2n) is 3.78. The molecule has 0 aliphatic heterocycles. The van der Waals surface area contributed by atoms with E-state index in [-0.39, 0.29) is 40.8 Å². The van der Waals surface area contributed by atoms with Gasteiger partial charge in [0.05, 0.1) is 12.2 Å². The van der Waals surface area contributed by atoms with E-state index < -0.39 is 11.9 Å². The fourth-order valence-electron chi connectivity index (χ4n) is 1.49. The van der Waals surface area contributed by atoms with E-state index in [9.17, 15) is 9.59 Å². The van der Waals surface area contributed by atoms with Gasteiger partial charge in [-0.3, -0.25) is 0 Å². The Hall–Kier alpha value is -2.11. The van der Waals surface area contributed by atoms with Crippen molar-refractivity contribution in [3.05, 3.63) is 16.0 Å². The molecule has 114 valence electrons. The van der Waals surface area contributed by atoms with Crippen LogP contribution < -0.4 is 5.73 Å². The molecule has 0 aromatic carbocycles. The minimum Gasteiger partial charge on any atom is -0.462 e. The summed E-state index contributed by atoms with van der Waals surface area (Å²) in [5, 5.41) is 9.28. The third kappa shape index (κ3) is 4.44. The van der Waals surface area contributed by atoms with E-state index >= 15 is 0 Å². The van der Waals surface area contributed by atoms with Crippen LogP contribution in [0, 0.1) is 11.3 Å². The zero-order valence-electron chi connectivity index (χ0n) is 11.8. The van der Waals surface area contributed by atoms with Crippen molar-refractivity contribution in [2.45, 2.75) is 20.5 Å². The highest BCUT2D eigenvalue weighted by atomic mass is 32.1. The molecule has 1 heterocycles. The fourth-order valence-corrected chi connectivity index (χ4v) is 2.40. The summed E-state index contributed by atoms with van der Waals surface area (Å²) in [5.74, 6) is -1.17. The van der Waals surface area contributed by atoms with Gasteiger partial charge < -0.3 is 19.9 Å². The maximum Gasteiger partial charge on any atom is 0.348 e. The van der Waals surface area contributed by atoms with Crippen molar-refractivity contribution in [3.8, 4) is 6.07 Å². The van der Waals surface area contributed by atoms with Crippen LogP contribution in [-0.2, 0) is 25.6 Å². The molecule has 1 aromatic heterocycles. The molecular weight excluding hydrogens is 296 g/mol. The summed E-state index contributed by atoms with van der Waals surface area (Å²) in [6.45, 7) is 3.59. The van der Waals surface area contributed by atoms with E-state index in [4.69, 9.17) is 25.2 Å². The molecule has 7 nitrogen and oxygen atoms in total. The highest BCUT2D eigenvalue weighted by Crippen LogP contribution is 2.31. The summed E-state index contributed by atoms with van der Waals surface area (Å²) in [7, 11) is 0. The molecule has 2 N–H and O–H groups in total. The van der Waals surface area contributed by atoms with Gasteiger partial charge in [-0.15, -0.1) is 11.3 Å². The van der Waals surface area contributed by atoms with Crippen LogP contribution in [0.2, 0.25) is 0 Å². The molecule has 0 atom stereocenters. The lowest BCUT2D eigenvalue weighted by atomic mass is 10.1. The van der Waals surface area contributed by atoms with Crippen molar-refractivity contribution >= 4 is 28.3 Å². The van der Waals surface area contributed by atoms with Crippen LogP contribution in [0.3, 0.4) is 0 Å². The predicted octanol–water partition coefficient (Wildman–Crippen LogP) is 1.46. The normalized spacial score (nSPS) is 9.95. The number of hydrogen-bond donors (Lipinski definition) is 1. The van der Waals surface area contributed by atoms with Crippen LogP contribution >= 0.6 is 11.3 Å². The van der Waals surface area contributed by atoms with Gasteiger partial charge in [0.1, 0.15) is 29.2 Å². The predicted molar refractivity (Wildman–Crippen MR) is 75.7 cm³/mol. The van der Waals surface area contributed by atoms with Gasteiger partial charge in [-0.25, -0.2) is 9.59 Å². The maximum absolute atomic E-state index is 11.8. The Balaban J connectivity index is 2.91. The number of esters is 2. The molecule has 0 spiro atoms. The third-order valence-electron chi connectivity index (χ3n) is 2.41. The largest absolute Gasteiger partial charge is 0.462 e. The third-order valence-corrected chi connectivity index (χ3v) is 3.45. The SMILES string of the molecule is CCOCC(=O)OCc1c(C(=O)OCC)sc(N)c1C#N. The van der Waals surface area contributed by atoms with Crippen molar-refractivity contribution in [3.63, 3.8) is 0 Å². The molecule has 1 rings (SSSR count). The van der Waals surface area contributed by atoms with Gasteiger partial charge in [0.25, 0.3) is 0 Å². The van der Waals surface area contributed by atoms with Crippen LogP contribution in [-0.4, -0.2) is 31.8 Å². The van der Waals surface area contributed by atoms with Crippen LogP contribution in [0.25, 0.3) is 0 Å². The van der Waals surface area contributed by atoms with Gasteiger partial charge in [0.2, 0.25) is 0 Å². The molecular formula is C13H16N2O5S. The first-order valence-corrected chi connectivity index (χ1v) is 7.08. The number of rotatable bonds is 7. The van der Waals surface area contributed by atoms with E-state index in [2.05, 4.69) is 0 Å². The minimum atomic E-state index is -0.591. The number of thiophene rings is 1. The monoisotopic (exact) mass is 312 g/mol. The molecule has 0 radical (unpaired) electrons. The van der Waals surface area contributed by atoms with Gasteiger partial charge in [-0.05, 0) is 13.8 Å². The number of carbonyl (C=O) groups excluding carboxylic acids is 2.